The molecule has 45 heavy (non-hydrogen) atoms. The van der Waals surface area contributed by atoms with Crippen LogP contribution in [0.25, 0.3) is 0 Å². The molecule has 4 rings (SSSR count). The molecule has 0 aliphatic heterocycles. The molecule has 3 aromatic rings. The lowest BCUT2D eigenvalue weighted by molar-refractivity contribution is -0.348. The van der Waals surface area contributed by atoms with Gasteiger partial charge < -0.3 is 15.0 Å². The Hall–Kier alpha value is -4.37. The minimum atomic E-state index is -6.66. The fourth-order valence-electron chi connectivity index (χ4n) is 4.48. The Morgan fingerprint density at radius 1 is 0.867 bits per heavy atom. The Bertz CT molecular complexity index is 1570. The van der Waals surface area contributed by atoms with Crippen molar-refractivity contribution in [3.63, 3.8) is 0 Å². The van der Waals surface area contributed by atoms with Crippen molar-refractivity contribution >= 4 is 23.2 Å². The third-order valence-corrected chi connectivity index (χ3v) is 6.86. The number of amides is 2. The molecule has 16 heteroatoms. The molecule has 0 bridgehead atoms. The summed E-state index contributed by atoms with van der Waals surface area (Å²) in [6, 6.07) is 10.3. The smallest absolute Gasteiger partial charge is 0.404 e. The number of carbonyl (C=O) groups is 2. The van der Waals surface area contributed by atoms with E-state index in [2.05, 4.69) is 4.74 Å². The van der Waals surface area contributed by atoms with Crippen LogP contribution in [0.1, 0.15) is 44.7 Å². The van der Waals surface area contributed by atoms with Crippen LogP contribution in [0.5, 0.6) is 5.75 Å². The predicted octanol–water partition coefficient (Wildman–Crippen LogP) is 8.63. The highest BCUT2D eigenvalue weighted by Crippen LogP contribution is 2.54. The van der Waals surface area contributed by atoms with Crippen molar-refractivity contribution in [2.24, 2.45) is 5.92 Å². The van der Waals surface area contributed by atoms with Crippen molar-refractivity contribution < 1.29 is 62.6 Å². The van der Waals surface area contributed by atoms with Gasteiger partial charge in [-0.1, -0.05) is 24.3 Å². The van der Waals surface area contributed by atoms with E-state index in [-0.39, 0.29) is 29.8 Å². The molecule has 1 aliphatic carbocycles. The lowest BCUT2D eigenvalue weighted by atomic mass is 9.92. The van der Waals surface area contributed by atoms with Gasteiger partial charge in [0.2, 0.25) is 0 Å². The third-order valence-electron chi connectivity index (χ3n) is 6.86. The number of nitrogens with one attached hydrogen (secondary N) is 1. The maximum atomic E-state index is 15.8. The second kappa shape index (κ2) is 11.9. The van der Waals surface area contributed by atoms with Gasteiger partial charge in [-0.25, -0.2) is 8.78 Å². The summed E-state index contributed by atoms with van der Waals surface area (Å²) < 4.78 is 153. The summed E-state index contributed by atoms with van der Waals surface area (Å²) in [7, 11) is 0. The highest BCUT2D eigenvalue weighted by molar-refractivity contribution is 6.09. The summed E-state index contributed by atoms with van der Waals surface area (Å²) in [4.78, 5) is 27.5. The maximum absolute atomic E-state index is 15.8. The molecule has 0 heterocycles. The average molecular weight is 654 g/mol. The summed E-state index contributed by atoms with van der Waals surface area (Å²) in [5.74, 6) is -5.24. The summed E-state index contributed by atoms with van der Waals surface area (Å²) >= 11 is 0. The predicted molar refractivity (Wildman–Crippen MR) is 138 cm³/mol. The lowest BCUT2D eigenvalue weighted by Gasteiger charge is -2.31. The molecule has 0 aromatic heterocycles. The molecule has 2 amide bonds. The second-order valence-corrected chi connectivity index (χ2v) is 10.2. The molecule has 1 N–H and O–H groups in total. The average Bonchev–Trinajstić information content (AvgIpc) is 3.75. The van der Waals surface area contributed by atoms with E-state index >= 15 is 4.39 Å². The molecule has 0 radical (unpaired) electrons. The zero-order valence-electron chi connectivity index (χ0n) is 22.8. The van der Waals surface area contributed by atoms with Gasteiger partial charge in [0.15, 0.2) is 11.6 Å². The van der Waals surface area contributed by atoms with Crippen LogP contribution in [0.3, 0.4) is 0 Å². The lowest BCUT2D eigenvalue weighted by Crippen LogP contribution is -2.50. The number of aryl methyl sites for hydroxylation is 1. The van der Waals surface area contributed by atoms with Crippen LogP contribution < -0.4 is 15.0 Å². The van der Waals surface area contributed by atoms with Crippen LogP contribution in [0.2, 0.25) is 0 Å². The van der Waals surface area contributed by atoms with Gasteiger partial charge in [-0.3, -0.25) is 9.59 Å². The number of halogens is 11. The Labute approximate surface area is 247 Å². The van der Waals surface area contributed by atoms with E-state index in [1.54, 1.807) is 23.5 Å². The van der Waals surface area contributed by atoms with Crippen molar-refractivity contribution in [2.45, 2.75) is 44.1 Å². The van der Waals surface area contributed by atoms with E-state index in [1.807, 2.05) is 0 Å². The Morgan fingerprint density at radius 3 is 2.00 bits per heavy atom. The first-order chi connectivity index (χ1) is 20.7. The van der Waals surface area contributed by atoms with Crippen molar-refractivity contribution in [1.29, 1.82) is 0 Å². The maximum Gasteiger partial charge on any atom is 0.573 e. The fraction of sp³-hybridized carbons (Fsp3) is 0.310. The van der Waals surface area contributed by atoms with Crippen LogP contribution in [0.4, 0.5) is 59.7 Å². The number of alkyl halides is 10. The van der Waals surface area contributed by atoms with Crippen LogP contribution in [-0.2, 0) is 5.67 Å². The van der Waals surface area contributed by atoms with E-state index in [1.165, 1.54) is 18.2 Å². The molecular formula is C29H21F11N2O3. The van der Waals surface area contributed by atoms with Gasteiger partial charge in [-0.2, -0.15) is 26.3 Å². The molecule has 1 saturated carbocycles. The van der Waals surface area contributed by atoms with E-state index < -0.39 is 76.2 Å². The molecule has 1 aliphatic rings. The molecule has 1 fully saturated rings. The molecule has 0 saturated heterocycles. The number of hydrogen-bond donors (Lipinski definition) is 1. The number of nitrogens with zero attached hydrogens (tertiary/aromatic N) is 1. The van der Waals surface area contributed by atoms with Crippen LogP contribution >= 0.6 is 0 Å². The topological polar surface area (TPSA) is 58.6 Å². The first-order valence-corrected chi connectivity index (χ1v) is 12.9. The monoisotopic (exact) mass is 654 g/mol. The largest absolute Gasteiger partial charge is 0.573 e. The third kappa shape index (κ3) is 6.99. The molecule has 5 nitrogen and oxygen atoms in total. The van der Waals surface area contributed by atoms with Gasteiger partial charge >= 0.3 is 24.4 Å². The van der Waals surface area contributed by atoms with Crippen molar-refractivity contribution in [2.75, 3.05) is 16.8 Å². The van der Waals surface area contributed by atoms with Crippen LogP contribution in [0.15, 0.2) is 60.7 Å². The van der Waals surface area contributed by atoms with Crippen LogP contribution in [-0.4, -0.2) is 37.1 Å². The van der Waals surface area contributed by atoms with Crippen molar-refractivity contribution in [1.82, 2.24) is 0 Å². The molecule has 3 aromatic carbocycles. The Morgan fingerprint density at radius 2 is 1.47 bits per heavy atom. The minimum absolute atomic E-state index is 0.0220. The number of hydrogen-bond acceptors (Lipinski definition) is 3. The van der Waals surface area contributed by atoms with Gasteiger partial charge in [0.25, 0.3) is 11.8 Å². The zero-order valence-corrected chi connectivity index (χ0v) is 22.8. The van der Waals surface area contributed by atoms with Gasteiger partial charge in [0, 0.05) is 17.7 Å². The SMILES string of the molecule is Cc1cc(C(F)(C(F)(F)F)C(F)(F)F)cc(OC(F)(F)F)c1NC(=O)c1cccc(N(CC2CC2)C(=O)c2ccccc2)c1F. The Kier molecular flexibility index (Phi) is 8.83. The summed E-state index contributed by atoms with van der Waals surface area (Å²) in [6.45, 7) is 0.738. The summed E-state index contributed by atoms with van der Waals surface area (Å²) in [6.07, 6.45) is -17.6. The Balaban J connectivity index is 1.77. The van der Waals surface area contributed by atoms with E-state index in [4.69, 9.17) is 0 Å². The van der Waals surface area contributed by atoms with E-state index in [9.17, 15) is 53.5 Å². The fourth-order valence-corrected chi connectivity index (χ4v) is 4.48. The van der Waals surface area contributed by atoms with Gasteiger partial charge in [0.1, 0.15) is 0 Å². The van der Waals surface area contributed by atoms with Crippen LogP contribution in [0, 0.1) is 18.7 Å². The number of carbonyl (C=O) groups excluding carboxylic acids is 2. The summed E-state index contributed by atoms with van der Waals surface area (Å²) in [5.41, 5.74) is -11.5. The van der Waals surface area contributed by atoms with Crippen molar-refractivity contribution in [3.8, 4) is 5.75 Å². The molecule has 242 valence electrons. The van der Waals surface area contributed by atoms with Gasteiger partial charge in [-0.15, -0.1) is 13.2 Å². The number of rotatable bonds is 8. The first-order valence-electron chi connectivity index (χ1n) is 12.9. The van der Waals surface area contributed by atoms with Gasteiger partial charge in [-0.05, 0) is 67.6 Å². The number of ether oxygens (including phenoxy) is 1. The number of anilines is 2. The van der Waals surface area contributed by atoms with E-state index in [0.29, 0.717) is 6.92 Å². The molecule has 0 atom stereocenters. The highest BCUT2D eigenvalue weighted by Gasteiger charge is 2.73. The first kappa shape index (κ1) is 33.5. The standard InChI is InChI=1S/C29H21F11N2O3/c1-15-12-18(26(31,27(32,33)34)28(35,36)37)13-21(45-29(38,39)40)23(15)41-24(43)19-8-5-9-20(22(19)30)42(14-16-10-11-16)25(44)17-6-3-2-4-7-17/h2-9,12-13,16H,10-11,14H2,1H3,(H,41,43). The second-order valence-electron chi connectivity index (χ2n) is 10.2. The molecule has 0 unspecified atom stereocenters. The summed E-state index contributed by atoms with van der Waals surface area (Å²) in [5, 5.41) is 1.80. The molecule has 0 spiro atoms. The highest BCUT2D eigenvalue weighted by atomic mass is 19.4. The normalized spacial score (nSPS) is 14.2. The van der Waals surface area contributed by atoms with Crippen molar-refractivity contribution in [3.05, 3.63) is 88.7 Å². The van der Waals surface area contributed by atoms with Gasteiger partial charge in [0.05, 0.1) is 16.9 Å². The number of benzene rings is 3. The van der Waals surface area contributed by atoms with E-state index in [0.717, 1.165) is 29.9 Å². The minimum Gasteiger partial charge on any atom is -0.404 e. The zero-order chi connectivity index (χ0) is 33.5. The quantitative estimate of drug-likeness (QED) is 0.248. The molecular weight excluding hydrogens is 633 g/mol.